The van der Waals surface area contributed by atoms with Crippen LogP contribution in [0.2, 0.25) is 0 Å². The molecule has 1 saturated heterocycles. The maximum atomic E-state index is 5.50. The number of hydrogen-bond donors (Lipinski definition) is 0. The molecule has 2 nitrogen and oxygen atoms in total. The Hall–Kier alpha value is -2.42. The normalized spacial score (nSPS) is 17.5. The first-order valence-corrected chi connectivity index (χ1v) is 8.05. The van der Waals surface area contributed by atoms with E-state index < -0.39 is 0 Å². The van der Waals surface area contributed by atoms with Crippen LogP contribution in [0.15, 0.2) is 36.4 Å². The van der Waals surface area contributed by atoms with Gasteiger partial charge in [0.1, 0.15) is 5.75 Å². The lowest BCUT2D eigenvalue weighted by atomic mass is 10.0. The minimum Gasteiger partial charge on any atom is -0.495 e. The Kier molecular flexibility index (Phi) is 4.86. The van der Waals surface area contributed by atoms with Gasteiger partial charge < -0.3 is 4.74 Å². The quantitative estimate of drug-likeness (QED) is 0.802. The molecule has 0 saturated carbocycles. The van der Waals surface area contributed by atoms with Gasteiger partial charge in [0.25, 0.3) is 0 Å². The maximum Gasteiger partial charge on any atom is 0.135 e. The van der Waals surface area contributed by atoms with Gasteiger partial charge in [0.2, 0.25) is 0 Å². The topological polar surface area (TPSA) is 12.5 Å². The molecule has 1 atom stereocenters. The van der Waals surface area contributed by atoms with Crippen molar-refractivity contribution in [3.63, 3.8) is 0 Å². The van der Waals surface area contributed by atoms with Gasteiger partial charge in [0, 0.05) is 17.8 Å². The molecular formula is C21H21NO. The average Bonchev–Trinajstić information content (AvgIpc) is 3.02. The Bertz CT molecular complexity index is 791. The number of terminal acetylenes is 1. The smallest absolute Gasteiger partial charge is 0.135 e. The van der Waals surface area contributed by atoms with Crippen molar-refractivity contribution >= 4 is 10.8 Å². The predicted octanol–water partition coefficient (Wildman–Crippen LogP) is 3.69. The van der Waals surface area contributed by atoms with Crippen LogP contribution >= 0.6 is 0 Å². The summed E-state index contributed by atoms with van der Waals surface area (Å²) in [5, 5.41) is 2.33. The summed E-state index contributed by atoms with van der Waals surface area (Å²) in [7, 11) is 1.70. The second kappa shape index (κ2) is 7.23. The summed E-state index contributed by atoms with van der Waals surface area (Å²) in [4.78, 5) is 2.36. The highest BCUT2D eigenvalue weighted by atomic mass is 16.5. The molecule has 0 bridgehead atoms. The highest BCUT2D eigenvalue weighted by Crippen LogP contribution is 2.27. The molecule has 3 rings (SSSR count). The van der Waals surface area contributed by atoms with Crippen LogP contribution in [0.3, 0.4) is 0 Å². The Balaban J connectivity index is 1.86. The second-order valence-corrected chi connectivity index (χ2v) is 5.84. The highest BCUT2D eigenvalue weighted by molar-refractivity contribution is 5.90. The minimum absolute atomic E-state index is 0.486. The van der Waals surface area contributed by atoms with Gasteiger partial charge in [-0.05, 0) is 30.8 Å². The average molecular weight is 303 g/mol. The standard InChI is InChI=1S/C21H21NO/c1-3-15-22-16-7-10-18(22)9-6-12-20-19-11-5-4-8-17(19)13-14-21(20)23-2/h1,4-5,8,11,13-14,18H,7,9-10,15-16H2,2H3. The van der Waals surface area contributed by atoms with Gasteiger partial charge >= 0.3 is 0 Å². The van der Waals surface area contributed by atoms with E-state index in [0.29, 0.717) is 6.04 Å². The molecule has 116 valence electrons. The number of likely N-dealkylation sites (tertiary alicyclic amines) is 1. The molecule has 0 spiro atoms. The lowest BCUT2D eigenvalue weighted by Crippen LogP contribution is -2.29. The molecule has 1 aliphatic rings. The van der Waals surface area contributed by atoms with E-state index in [2.05, 4.69) is 40.9 Å². The first-order chi connectivity index (χ1) is 11.3. The van der Waals surface area contributed by atoms with E-state index in [9.17, 15) is 0 Å². The van der Waals surface area contributed by atoms with Crippen LogP contribution in [0.25, 0.3) is 10.8 Å². The number of benzene rings is 2. The molecule has 1 aliphatic heterocycles. The molecule has 2 heteroatoms. The fourth-order valence-electron chi connectivity index (χ4n) is 3.26. The third-order valence-electron chi connectivity index (χ3n) is 4.46. The minimum atomic E-state index is 0.486. The van der Waals surface area contributed by atoms with Crippen LogP contribution in [0, 0.1) is 24.2 Å². The van der Waals surface area contributed by atoms with Crippen LogP contribution in [0.1, 0.15) is 24.8 Å². The summed E-state index contributed by atoms with van der Waals surface area (Å²) < 4.78 is 5.50. The van der Waals surface area contributed by atoms with Crippen molar-refractivity contribution in [2.75, 3.05) is 20.2 Å². The molecule has 0 N–H and O–H groups in total. The largest absolute Gasteiger partial charge is 0.495 e. The van der Waals surface area contributed by atoms with E-state index in [1.54, 1.807) is 7.11 Å². The van der Waals surface area contributed by atoms with Crippen molar-refractivity contribution in [3.8, 4) is 29.9 Å². The summed E-state index contributed by atoms with van der Waals surface area (Å²) in [6, 6.07) is 12.8. The predicted molar refractivity (Wildman–Crippen MR) is 95.4 cm³/mol. The fraction of sp³-hybridized carbons (Fsp3) is 0.333. The number of rotatable bonds is 3. The Morgan fingerprint density at radius 2 is 2.13 bits per heavy atom. The molecule has 0 amide bonds. The van der Waals surface area contributed by atoms with Crippen molar-refractivity contribution in [1.29, 1.82) is 0 Å². The summed E-state index contributed by atoms with van der Waals surface area (Å²) >= 11 is 0. The molecule has 1 unspecified atom stereocenters. The van der Waals surface area contributed by atoms with Gasteiger partial charge in [0.05, 0.1) is 19.2 Å². The van der Waals surface area contributed by atoms with Crippen LogP contribution in [-0.2, 0) is 0 Å². The van der Waals surface area contributed by atoms with Gasteiger partial charge in [-0.3, -0.25) is 4.90 Å². The highest BCUT2D eigenvalue weighted by Gasteiger charge is 2.22. The van der Waals surface area contributed by atoms with Crippen molar-refractivity contribution in [3.05, 3.63) is 42.0 Å². The van der Waals surface area contributed by atoms with E-state index in [0.717, 1.165) is 36.2 Å². The zero-order chi connectivity index (χ0) is 16.1. The van der Waals surface area contributed by atoms with Crippen molar-refractivity contribution < 1.29 is 4.74 Å². The Morgan fingerprint density at radius 1 is 1.26 bits per heavy atom. The van der Waals surface area contributed by atoms with E-state index in [1.807, 2.05) is 18.2 Å². The maximum absolute atomic E-state index is 5.50. The molecule has 1 fully saturated rings. The van der Waals surface area contributed by atoms with Crippen LogP contribution in [0.5, 0.6) is 5.75 Å². The SMILES string of the molecule is C#CCN1CCCC1CC#Cc1c(OC)ccc2ccccc12. The first kappa shape index (κ1) is 15.5. The third-order valence-corrected chi connectivity index (χ3v) is 4.46. The molecule has 2 aromatic carbocycles. The summed E-state index contributed by atoms with van der Waals surface area (Å²) in [6.45, 7) is 1.82. The lowest BCUT2D eigenvalue weighted by Gasteiger charge is -2.19. The van der Waals surface area contributed by atoms with Gasteiger partial charge in [0.15, 0.2) is 0 Å². The number of methoxy groups -OCH3 is 1. The monoisotopic (exact) mass is 303 g/mol. The third kappa shape index (κ3) is 3.34. The van der Waals surface area contributed by atoms with Crippen molar-refractivity contribution in [1.82, 2.24) is 4.90 Å². The zero-order valence-electron chi connectivity index (χ0n) is 13.5. The van der Waals surface area contributed by atoms with Crippen LogP contribution < -0.4 is 4.74 Å². The molecule has 1 heterocycles. The number of fused-ring (bicyclic) bond motifs is 1. The molecule has 0 radical (unpaired) electrons. The van der Waals surface area contributed by atoms with Crippen LogP contribution in [0.4, 0.5) is 0 Å². The number of nitrogens with zero attached hydrogens (tertiary/aromatic N) is 1. The first-order valence-electron chi connectivity index (χ1n) is 8.05. The summed E-state index contributed by atoms with van der Waals surface area (Å²) in [5.74, 6) is 10.3. The van der Waals surface area contributed by atoms with Gasteiger partial charge in [-0.15, -0.1) is 6.42 Å². The van der Waals surface area contributed by atoms with E-state index in [-0.39, 0.29) is 0 Å². The Morgan fingerprint density at radius 3 is 2.96 bits per heavy atom. The second-order valence-electron chi connectivity index (χ2n) is 5.84. The van der Waals surface area contributed by atoms with E-state index >= 15 is 0 Å². The molecule has 0 aromatic heterocycles. The molecular weight excluding hydrogens is 282 g/mol. The van der Waals surface area contributed by atoms with E-state index in [1.165, 1.54) is 18.2 Å². The molecule has 2 aromatic rings. The number of ether oxygens (including phenoxy) is 1. The van der Waals surface area contributed by atoms with E-state index in [4.69, 9.17) is 11.2 Å². The summed E-state index contributed by atoms with van der Waals surface area (Å²) in [5.41, 5.74) is 0.979. The summed E-state index contributed by atoms with van der Waals surface area (Å²) in [6.07, 6.45) is 8.70. The van der Waals surface area contributed by atoms with Gasteiger partial charge in [-0.1, -0.05) is 48.1 Å². The molecule has 23 heavy (non-hydrogen) atoms. The van der Waals surface area contributed by atoms with Gasteiger partial charge in [-0.2, -0.15) is 0 Å². The fourth-order valence-corrected chi connectivity index (χ4v) is 3.26. The van der Waals surface area contributed by atoms with Crippen LogP contribution in [-0.4, -0.2) is 31.1 Å². The van der Waals surface area contributed by atoms with Crippen molar-refractivity contribution in [2.24, 2.45) is 0 Å². The number of hydrogen-bond acceptors (Lipinski definition) is 2. The van der Waals surface area contributed by atoms with Crippen molar-refractivity contribution in [2.45, 2.75) is 25.3 Å². The molecule has 0 aliphatic carbocycles. The Labute approximate surface area is 138 Å². The van der Waals surface area contributed by atoms with Gasteiger partial charge in [-0.25, -0.2) is 0 Å². The zero-order valence-corrected chi connectivity index (χ0v) is 13.5. The lowest BCUT2D eigenvalue weighted by molar-refractivity contribution is 0.289.